The van der Waals surface area contributed by atoms with E-state index in [4.69, 9.17) is 15.2 Å². The number of carbonyl (C=O) groups excluding carboxylic acids is 1. The van der Waals surface area contributed by atoms with E-state index in [0.29, 0.717) is 10.9 Å². The highest BCUT2D eigenvalue weighted by Gasteiger charge is 2.15. The minimum Gasteiger partial charge on any atom is -0.454 e. The molecule has 0 aliphatic carbocycles. The predicted octanol–water partition coefficient (Wildman–Crippen LogP) is 2.64. The van der Waals surface area contributed by atoms with Crippen molar-refractivity contribution in [3.8, 4) is 22.8 Å². The van der Waals surface area contributed by atoms with Crippen LogP contribution in [0.25, 0.3) is 11.3 Å². The molecular weight excluding hydrogens is 326 g/mol. The van der Waals surface area contributed by atoms with Crippen molar-refractivity contribution < 1.29 is 14.3 Å². The van der Waals surface area contributed by atoms with Crippen LogP contribution in [0, 0.1) is 0 Å². The normalized spacial score (nSPS) is 13.4. The molecule has 2 heterocycles. The Kier molecular flexibility index (Phi) is 5.23. The highest BCUT2D eigenvalue weighted by Crippen LogP contribution is 2.36. The van der Waals surface area contributed by atoms with E-state index in [0.717, 1.165) is 17.0 Å². The number of thiazole rings is 1. The molecule has 0 bridgehead atoms. The van der Waals surface area contributed by atoms with Gasteiger partial charge in [0.25, 0.3) is 0 Å². The van der Waals surface area contributed by atoms with Crippen LogP contribution in [0.2, 0.25) is 0 Å². The highest BCUT2D eigenvalue weighted by molar-refractivity contribution is 7.14. The fourth-order valence-corrected chi connectivity index (χ4v) is 2.72. The summed E-state index contributed by atoms with van der Waals surface area (Å²) in [6, 6.07) is 5.48. The lowest BCUT2D eigenvalue weighted by Crippen LogP contribution is -2.23. The first-order chi connectivity index (χ1) is 10.1. The molecule has 118 valence electrons. The van der Waals surface area contributed by atoms with Gasteiger partial charge < -0.3 is 20.5 Å². The maximum absolute atomic E-state index is 11.7. The molecule has 22 heavy (non-hydrogen) atoms. The summed E-state index contributed by atoms with van der Waals surface area (Å²) in [4.78, 5) is 16.1. The number of ether oxygens (including phenoxy) is 2. The largest absolute Gasteiger partial charge is 0.454 e. The number of rotatable bonds is 4. The summed E-state index contributed by atoms with van der Waals surface area (Å²) >= 11 is 1.38. The van der Waals surface area contributed by atoms with Gasteiger partial charge in [-0.05, 0) is 25.1 Å². The summed E-state index contributed by atoms with van der Waals surface area (Å²) in [5.74, 6) is 1.32. The molecule has 1 aliphatic heterocycles. The maximum atomic E-state index is 11.7. The number of aromatic nitrogens is 1. The van der Waals surface area contributed by atoms with Gasteiger partial charge in [0.1, 0.15) is 0 Å². The third-order valence-electron chi connectivity index (χ3n) is 2.93. The molecule has 0 radical (unpaired) electrons. The van der Waals surface area contributed by atoms with Gasteiger partial charge in [0.05, 0.1) is 5.69 Å². The van der Waals surface area contributed by atoms with Crippen molar-refractivity contribution in [2.24, 2.45) is 5.73 Å². The molecule has 0 saturated carbocycles. The second-order valence-corrected chi connectivity index (χ2v) is 5.69. The zero-order valence-corrected chi connectivity index (χ0v) is 13.5. The Morgan fingerprint density at radius 1 is 1.45 bits per heavy atom. The molecule has 8 heteroatoms. The number of carbonyl (C=O) groups is 1. The number of hydrogen-bond acceptors (Lipinski definition) is 6. The minimum absolute atomic E-state index is 0. The zero-order valence-electron chi connectivity index (χ0n) is 11.9. The molecule has 0 fully saturated rings. The van der Waals surface area contributed by atoms with Gasteiger partial charge in [0.2, 0.25) is 12.7 Å². The Bertz CT molecular complexity index is 675. The number of hydrogen-bond donors (Lipinski definition) is 2. The summed E-state index contributed by atoms with van der Waals surface area (Å²) in [6.45, 7) is 2.04. The van der Waals surface area contributed by atoms with Gasteiger partial charge in [-0.15, -0.1) is 23.7 Å². The number of nitrogens with zero attached hydrogens (tertiary/aromatic N) is 1. The van der Waals surface area contributed by atoms with Crippen LogP contribution < -0.4 is 20.5 Å². The third kappa shape index (κ3) is 3.68. The summed E-state index contributed by atoms with van der Waals surface area (Å²) < 4.78 is 10.6. The molecule has 0 saturated heterocycles. The number of anilines is 1. The number of amides is 1. The van der Waals surface area contributed by atoms with Crippen molar-refractivity contribution >= 4 is 34.8 Å². The van der Waals surface area contributed by atoms with Gasteiger partial charge in [-0.3, -0.25) is 4.79 Å². The molecule has 3 N–H and O–H groups in total. The molecule has 3 rings (SSSR count). The van der Waals surface area contributed by atoms with E-state index in [2.05, 4.69) is 10.3 Å². The molecular formula is C14H16ClN3O3S. The van der Waals surface area contributed by atoms with E-state index in [1.807, 2.05) is 23.6 Å². The number of nitrogens with two attached hydrogens (primary N) is 1. The predicted molar refractivity (Wildman–Crippen MR) is 87.8 cm³/mol. The topological polar surface area (TPSA) is 86.5 Å². The lowest BCUT2D eigenvalue weighted by molar-refractivity contribution is -0.116. The maximum Gasteiger partial charge on any atom is 0.231 e. The highest BCUT2D eigenvalue weighted by atomic mass is 35.5. The summed E-state index contributed by atoms with van der Waals surface area (Å²) in [5, 5.41) is 5.20. The van der Waals surface area contributed by atoms with Gasteiger partial charge in [-0.25, -0.2) is 4.98 Å². The molecule has 1 unspecified atom stereocenters. The molecule has 1 aliphatic rings. The first kappa shape index (κ1) is 16.5. The Morgan fingerprint density at radius 3 is 3.00 bits per heavy atom. The molecule has 6 nitrogen and oxygen atoms in total. The summed E-state index contributed by atoms with van der Waals surface area (Å²) in [6.07, 6.45) is 0.277. The van der Waals surface area contributed by atoms with E-state index in [1.165, 1.54) is 11.3 Å². The quantitative estimate of drug-likeness (QED) is 0.892. The van der Waals surface area contributed by atoms with E-state index >= 15 is 0 Å². The van der Waals surface area contributed by atoms with E-state index in [-0.39, 0.29) is 37.6 Å². The standard InChI is InChI=1S/C14H15N3O3S.ClH/c1-8(15)4-13(18)17-14-16-10(6-21-14)9-2-3-11-12(5-9)20-7-19-11;/h2-3,5-6,8H,4,7,15H2,1H3,(H,16,17,18);1H. The van der Waals surface area contributed by atoms with E-state index < -0.39 is 0 Å². The molecule has 1 atom stereocenters. The Balaban J connectivity index is 0.00000176. The summed E-state index contributed by atoms with van der Waals surface area (Å²) in [7, 11) is 0. The van der Waals surface area contributed by atoms with Crippen LogP contribution in [0.4, 0.5) is 5.13 Å². The van der Waals surface area contributed by atoms with Crippen LogP contribution in [0.3, 0.4) is 0 Å². The van der Waals surface area contributed by atoms with Gasteiger partial charge in [0, 0.05) is 23.4 Å². The number of fused-ring (bicyclic) bond motifs is 1. The van der Waals surface area contributed by atoms with Gasteiger partial charge in [0.15, 0.2) is 16.6 Å². The first-order valence-corrected chi connectivity index (χ1v) is 7.41. The van der Waals surface area contributed by atoms with Crippen LogP contribution in [0.5, 0.6) is 11.5 Å². The van der Waals surface area contributed by atoms with Crippen molar-refractivity contribution in [2.45, 2.75) is 19.4 Å². The Labute approximate surface area is 138 Å². The van der Waals surface area contributed by atoms with Crippen LogP contribution in [-0.4, -0.2) is 23.7 Å². The average Bonchev–Trinajstić information content (AvgIpc) is 3.04. The lowest BCUT2D eigenvalue weighted by atomic mass is 10.1. The fourth-order valence-electron chi connectivity index (χ4n) is 1.98. The number of nitrogens with one attached hydrogen (secondary N) is 1. The monoisotopic (exact) mass is 341 g/mol. The van der Waals surface area contributed by atoms with Crippen molar-refractivity contribution in [1.29, 1.82) is 0 Å². The molecule has 0 spiro atoms. The third-order valence-corrected chi connectivity index (χ3v) is 3.68. The molecule has 1 aromatic heterocycles. The second-order valence-electron chi connectivity index (χ2n) is 4.84. The van der Waals surface area contributed by atoms with Crippen LogP contribution in [-0.2, 0) is 4.79 Å². The fraction of sp³-hybridized carbons (Fsp3) is 0.286. The Morgan fingerprint density at radius 2 is 2.23 bits per heavy atom. The number of benzene rings is 1. The summed E-state index contributed by atoms with van der Waals surface area (Å²) in [5.41, 5.74) is 7.30. The minimum atomic E-state index is -0.168. The van der Waals surface area contributed by atoms with Gasteiger partial charge in [-0.1, -0.05) is 0 Å². The average molecular weight is 342 g/mol. The lowest BCUT2D eigenvalue weighted by Gasteiger charge is -2.04. The SMILES string of the molecule is CC(N)CC(=O)Nc1nc(-c2ccc3c(c2)OCO3)cs1.Cl. The van der Waals surface area contributed by atoms with Crippen molar-refractivity contribution in [1.82, 2.24) is 4.98 Å². The van der Waals surface area contributed by atoms with Crippen molar-refractivity contribution in [3.05, 3.63) is 23.6 Å². The van der Waals surface area contributed by atoms with Crippen LogP contribution in [0.15, 0.2) is 23.6 Å². The van der Waals surface area contributed by atoms with E-state index in [1.54, 1.807) is 6.92 Å². The molecule has 1 amide bonds. The van der Waals surface area contributed by atoms with Crippen LogP contribution in [0.1, 0.15) is 13.3 Å². The van der Waals surface area contributed by atoms with Gasteiger partial charge in [-0.2, -0.15) is 0 Å². The van der Waals surface area contributed by atoms with Gasteiger partial charge >= 0.3 is 0 Å². The smallest absolute Gasteiger partial charge is 0.231 e. The second kappa shape index (κ2) is 6.95. The zero-order chi connectivity index (χ0) is 14.8. The van der Waals surface area contributed by atoms with Crippen molar-refractivity contribution in [2.75, 3.05) is 12.1 Å². The molecule has 2 aromatic rings. The Hall–Kier alpha value is -1.83. The first-order valence-electron chi connectivity index (χ1n) is 6.53. The number of halogens is 1. The van der Waals surface area contributed by atoms with Crippen LogP contribution >= 0.6 is 23.7 Å². The molecule has 1 aromatic carbocycles. The van der Waals surface area contributed by atoms with E-state index in [9.17, 15) is 4.79 Å². The van der Waals surface area contributed by atoms with Crippen molar-refractivity contribution in [3.63, 3.8) is 0 Å².